The topological polar surface area (TPSA) is 77.2 Å². The molecule has 1 saturated heterocycles. The van der Waals surface area contributed by atoms with E-state index in [1.165, 1.54) is 6.33 Å². The predicted octanol–water partition coefficient (Wildman–Crippen LogP) is 1.75. The minimum Gasteiger partial charge on any atom is -0.481 e. The van der Waals surface area contributed by atoms with Gasteiger partial charge in [0.1, 0.15) is 17.6 Å². The van der Waals surface area contributed by atoms with Crippen molar-refractivity contribution >= 4 is 5.97 Å². The van der Waals surface area contributed by atoms with Crippen LogP contribution in [-0.4, -0.2) is 38.6 Å². The largest absolute Gasteiger partial charge is 0.481 e. The van der Waals surface area contributed by atoms with Crippen LogP contribution in [0.25, 0.3) is 0 Å². The Morgan fingerprint density at radius 1 is 1.57 bits per heavy atom. The van der Waals surface area contributed by atoms with Crippen LogP contribution in [0.4, 0.5) is 0 Å². The molecule has 3 rings (SSSR count). The molecule has 21 heavy (non-hydrogen) atoms. The number of hydrogen-bond donors (Lipinski definition) is 1. The van der Waals surface area contributed by atoms with Crippen molar-refractivity contribution in [3.8, 4) is 0 Å². The molecular weight excluding hydrogens is 270 g/mol. The number of nitrogens with zero attached hydrogens (tertiary/aromatic N) is 3. The van der Waals surface area contributed by atoms with Gasteiger partial charge in [-0.15, -0.1) is 0 Å². The van der Waals surface area contributed by atoms with Gasteiger partial charge in [0, 0.05) is 19.6 Å². The second kappa shape index (κ2) is 5.40. The molecule has 0 aromatic carbocycles. The molecule has 2 aliphatic rings. The van der Waals surface area contributed by atoms with Gasteiger partial charge in [0.2, 0.25) is 0 Å². The third-order valence-electron chi connectivity index (χ3n) is 4.57. The Hall–Kier alpha value is -1.43. The average molecular weight is 293 g/mol. The van der Waals surface area contributed by atoms with Gasteiger partial charge in [-0.2, -0.15) is 5.10 Å². The Morgan fingerprint density at radius 3 is 2.95 bits per heavy atom. The lowest BCUT2D eigenvalue weighted by Gasteiger charge is -2.29. The van der Waals surface area contributed by atoms with Crippen molar-refractivity contribution in [3.05, 3.63) is 12.2 Å². The lowest BCUT2D eigenvalue weighted by atomic mass is 9.76. The number of carbonyl (C=O) groups is 1. The number of aliphatic carboxylic acids is 1. The molecule has 0 bridgehead atoms. The zero-order valence-electron chi connectivity index (χ0n) is 12.7. The molecule has 6 heteroatoms. The molecule has 1 aliphatic carbocycles. The number of aromatic nitrogens is 3. The summed E-state index contributed by atoms with van der Waals surface area (Å²) in [5.74, 6) is 0.869. The van der Waals surface area contributed by atoms with Gasteiger partial charge in [-0.1, -0.05) is 13.8 Å². The number of hydrogen-bond acceptors (Lipinski definition) is 4. The first-order chi connectivity index (χ1) is 10.0. The maximum atomic E-state index is 12.0. The third kappa shape index (κ3) is 2.69. The first-order valence-corrected chi connectivity index (χ1v) is 7.74. The summed E-state index contributed by atoms with van der Waals surface area (Å²) in [5.41, 5.74) is -0.830. The fraction of sp³-hybridized carbons (Fsp3) is 0.800. The monoisotopic (exact) mass is 293 g/mol. The minimum atomic E-state index is -0.830. The second-order valence-corrected chi connectivity index (χ2v) is 6.77. The first kappa shape index (κ1) is 14.5. The molecule has 0 amide bonds. The highest BCUT2D eigenvalue weighted by atomic mass is 16.5. The van der Waals surface area contributed by atoms with Crippen LogP contribution < -0.4 is 0 Å². The molecule has 1 saturated carbocycles. The van der Waals surface area contributed by atoms with Gasteiger partial charge >= 0.3 is 5.97 Å². The third-order valence-corrected chi connectivity index (χ3v) is 4.57. The average Bonchev–Trinajstić information content (AvgIpc) is 3.03. The molecule has 1 aliphatic heterocycles. The summed E-state index contributed by atoms with van der Waals surface area (Å²) in [4.78, 5) is 16.3. The Labute approximate surface area is 124 Å². The maximum absolute atomic E-state index is 12.0. The van der Waals surface area contributed by atoms with Crippen LogP contribution in [0, 0.1) is 17.3 Å². The number of carboxylic acids is 1. The van der Waals surface area contributed by atoms with E-state index in [1.807, 2.05) is 4.68 Å². The van der Waals surface area contributed by atoms with Gasteiger partial charge < -0.3 is 9.84 Å². The molecule has 2 heterocycles. The fourth-order valence-electron chi connectivity index (χ4n) is 3.35. The van der Waals surface area contributed by atoms with Crippen molar-refractivity contribution in [1.29, 1.82) is 0 Å². The molecule has 1 aromatic heterocycles. The first-order valence-electron chi connectivity index (χ1n) is 7.74. The summed E-state index contributed by atoms with van der Waals surface area (Å²) < 4.78 is 7.63. The zero-order chi connectivity index (χ0) is 15.0. The lowest BCUT2D eigenvalue weighted by molar-refractivity contribution is -0.153. The highest BCUT2D eigenvalue weighted by molar-refractivity contribution is 5.76. The zero-order valence-corrected chi connectivity index (χ0v) is 12.7. The summed E-state index contributed by atoms with van der Waals surface area (Å²) in [6.45, 7) is 5.53. The molecule has 2 unspecified atom stereocenters. The molecular formula is C15H23N3O3. The molecule has 2 atom stereocenters. The van der Waals surface area contributed by atoms with Crippen LogP contribution in [0.1, 0.15) is 38.9 Å². The van der Waals surface area contributed by atoms with Crippen molar-refractivity contribution in [3.63, 3.8) is 0 Å². The fourth-order valence-corrected chi connectivity index (χ4v) is 3.35. The Morgan fingerprint density at radius 2 is 2.33 bits per heavy atom. The van der Waals surface area contributed by atoms with Crippen LogP contribution in [0.15, 0.2) is 6.33 Å². The van der Waals surface area contributed by atoms with Crippen molar-refractivity contribution in [2.75, 3.05) is 6.61 Å². The minimum absolute atomic E-state index is 0.167. The summed E-state index contributed by atoms with van der Waals surface area (Å²) in [5, 5.41) is 14.1. The van der Waals surface area contributed by atoms with E-state index in [2.05, 4.69) is 23.9 Å². The van der Waals surface area contributed by atoms with Crippen LogP contribution in [-0.2, 0) is 22.5 Å². The number of carboxylic acid groups (broad SMARTS) is 1. The maximum Gasteiger partial charge on any atom is 0.312 e. The van der Waals surface area contributed by atoms with Gasteiger partial charge in [0.25, 0.3) is 0 Å². The van der Waals surface area contributed by atoms with E-state index in [4.69, 9.17) is 4.74 Å². The molecule has 0 spiro atoms. The lowest BCUT2D eigenvalue weighted by Crippen LogP contribution is -2.43. The molecule has 1 N–H and O–H groups in total. The van der Waals surface area contributed by atoms with Gasteiger partial charge in [-0.3, -0.25) is 4.79 Å². The number of ether oxygens (including phenoxy) is 1. The quantitative estimate of drug-likeness (QED) is 0.864. The van der Waals surface area contributed by atoms with Crippen LogP contribution in [0.5, 0.6) is 0 Å². The molecule has 2 fully saturated rings. The van der Waals surface area contributed by atoms with Crippen molar-refractivity contribution in [1.82, 2.24) is 14.8 Å². The van der Waals surface area contributed by atoms with Crippen molar-refractivity contribution in [2.45, 2.75) is 52.2 Å². The normalized spacial score (nSPS) is 29.2. The molecule has 1 aromatic rings. The molecule has 6 nitrogen and oxygen atoms in total. The smallest absolute Gasteiger partial charge is 0.312 e. The predicted molar refractivity (Wildman–Crippen MR) is 75.7 cm³/mol. The summed E-state index contributed by atoms with van der Waals surface area (Å²) in [6, 6.07) is 0. The van der Waals surface area contributed by atoms with Gasteiger partial charge in [0.15, 0.2) is 0 Å². The standard InChI is InChI=1S/C15H23N3O3/c1-10(2)8-18-12(16-9-17-18)7-15(14(19)20)5-6-21-13(15)11-3-4-11/h9-11,13H,3-8H2,1-2H3,(H,19,20). The summed E-state index contributed by atoms with van der Waals surface area (Å²) in [6.07, 6.45) is 4.50. The summed E-state index contributed by atoms with van der Waals surface area (Å²) in [7, 11) is 0. The van der Waals surface area contributed by atoms with Crippen LogP contribution >= 0.6 is 0 Å². The van der Waals surface area contributed by atoms with E-state index >= 15 is 0 Å². The van der Waals surface area contributed by atoms with Crippen molar-refractivity contribution < 1.29 is 14.6 Å². The highest BCUT2D eigenvalue weighted by Crippen LogP contribution is 2.49. The Balaban J connectivity index is 1.86. The second-order valence-electron chi connectivity index (χ2n) is 6.77. The van der Waals surface area contributed by atoms with E-state index in [-0.39, 0.29) is 6.10 Å². The number of rotatable bonds is 6. The molecule has 116 valence electrons. The van der Waals surface area contributed by atoms with Crippen LogP contribution in [0.3, 0.4) is 0 Å². The van der Waals surface area contributed by atoms with E-state index in [9.17, 15) is 9.90 Å². The molecule has 0 radical (unpaired) electrons. The van der Waals surface area contributed by atoms with Crippen LogP contribution in [0.2, 0.25) is 0 Å². The van der Waals surface area contributed by atoms with Gasteiger partial charge in [0.05, 0.1) is 6.10 Å². The Kier molecular flexibility index (Phi) is 3.73. The van der Waals surface area contributed by atoms with E-state index in [0.29, 0.717) is 31.3 Å². The Bertz CT molecular complexity index is 524. The SMILES string of the molecule is CC(C)Cn1ncnc1CC1(C(=O)O)CCOC1C1CC1. The van der Waals surface area contributed by atoms with Gasteiger partial charge in [-0.05, 0) is 31.1 Å². The van der Waals surface area contributed by atoms with E-state index in [0.717, 1.165) is 25.2 Å². The summed E-state index contributed by atoms with van der Waals surface area (Å²) >= 11 is 0. The van der Waals surface area contributed by atoms with Gasteiger partial charge in [-0.25, -0.2) is 9.67 Å². The van der Waals surface area contributed by atoms with E-state index in [1.54, 1.807) is 0 Å². The van der Waals surface area contributed by atoms with E-state index < -0.39 is 11.4 Å². The van der Waals surface area contributed by atoms with Crippen molar-refractivity contribution in [2.24, 2.45) is 17.3 Å². The highest BCUT2D eigenvalue weighted by Gasteiger charge is 2.56.